The molecule has 0 unspecified atom stereocenters. The highest BCUT2D eigenvalue weighted by Gasteiger charge is 2.19. The molecule has 1 heterocycles. The molecule has 0 aromatic carbocycles. The van der Waals surface area contributed by atoms with Crippen LogP contribution in [-0.2, 0) is 0 Å². The number of hydrogen-bond donors (Lipinski definition) is 1. The van der Waals surface area contributed by atoms with Gasteiger partial charge in [0, 0.05) is 25.3 Å². The van der Waals surface area contributed by atoms with Crippen LogP contribution < -0.4 is 5.32 Å². The van der Waals surface area contributed by atoms with E-state index in [2.05, 4.69) is 22.2 Å². The maximum Gasteiger partial charge on any atom is 0.269 e. The SMILES string of the molecule is CN(CCNC(=O)c1ccc(C#N)cn1)C1CCCC1. The average Bonchev–Trinajstić information content (AvgIpc) is 3.01. The van der Waals surface area contributed by atoms with Crippen molar-refractivity contribution in [2.45, 2.75) is 31.7 Å². The van der Waals surface area contributed by atoms with Crippen LogP contribution in [-0.4, -0.2) is 42.0 Å². The monoisotopic (exact) mass is 272 g/mol. The van der Waals surface area contributed by atoms with E-state index in [4.69, 9.17) is 5.26 Å². The van der Waals surface area contributed by atoms with E-state index in [1.165, 1.54) is 31.9 Å². The summed E-state index contributed by atoms with van der Waals surface area (Å²) in [7, 11) is 2.11. The van der Waals surface area contributed by atoms with E-state index >= 15 is 0 Å². The smallest absolute Gasteiger partial charge is 0.269 e. The first kappa shape index (κ1) is 14.5. The van der Waals surface area contributed by atoms with Crippen molar-refractivity contribution in [1.29, 1.82) is 5.26 Å². The van der Waals surface area contributed by atoms with Gasteiger partial charge in [-0.1, -0.05) is 12.8 Å². The number of nitriles is 1. The second-order valence-corrected chi connectivity index (χ2v) is 5.22. The van der Waals surface area contributed by atoms with Crippen molar-refractivity contribution >= 4 is 5.91 Å². The molecule has 1 fully saturated rings. The van der Waals surface area contributed by atoms with Crippen LogP contribution in [0.2, 0.25) is 0 Å². The minimum absolute atomic E-state index is 0.186. The summed E-state index contributed by atoms with van der Waals surface area (Å²) in [6.07, 6.45) is 6.58. The lowest BCUT2D eigenvalue weighted by Gasteiger charge is -2.23. The lowest BCUT2D eigenvalue weighted by atomic mass is 10.2. The lowest BCUT2D eigenvalue weighted by Crippen LogP contribution is -2.37. The van der Waals surface area contributed by atoms with Gasteiger partial charge in [-0.25, -0.2) is 4.98 Å². The molecule has 0 aliphatic heterocycles. The molecule has 1 aromatic rings. The highest BCUT2D eigenvalue weighted by Crippen LogP contribution is 2.21. The number of aromatic nitrogens is 1. The minimum atomic E-state index is -0.186. The van der Waals surface area contributed by atoms with Crippen molar-refractivity contribution < 1.29 is 4.79 Å². The first-order valence-corrected chi connectivity index (χ1v) is 7.05. The Morgan fingerprint density at radius 3 is 2.85 bits per heavy atom. The number of carbonyl (C=O) groups is 1. The van der Waals surface area contributed by atoms with E-state index in [0.29, 0.717) is 23.8 Å². The van der Waals surface area contributed by atoms with Crippen LogP contribution >= 0.6 is 0 Å². The van der Waals surface area contributed by atoms with Crippen molar-refractivity contribution in [2.75, 3.05) is 20.1 Å². The zero-order valence-electron chi connectivity index (χ0n) is 11.8. The van der Waals surface area contributed by atoms with Crippen molar-refractivity contribution in [3.63, 3.8) is 0 Å². The quantitative estimate of drug-likeness (QED) is 0.883. The molecular weight excluding hydrogens is 252 g/mol. The number of pyridine rings is 1. The molecule has 1 aliphatic rings. The predicted octanol–water partition coefficient (Wildman–Crippen LogP) is 1.56. The molecule has 1 saturated carbocycles. The third-order valence-electron chi connectivity index (χ3n) is 3.82. The summed E-state index contributed by atoms with van der Waals surface area (Å²) < 4.78 is 0. The second-order valence-electron chi connectivity index (χ2n) is 5.22. The van der Waals surface area contributed by atoms with Crippen LogP contribution in [0.25, 0.3) is 0 Å². The third-order valence-corrected chi connectivity index (χ3v) is 3.82. The predicted molar refractivity (Wildman–Crippen MR) is 76.2 cm³/mol. The molecule has 0 atom stereocenters. The van der Waals surface area contributed by atoms with Gasteiger partial charge in [-0.2, -0.15) is 5.26 Å². The second kappa shape index (κ2) is 7.01. The molecule has 20 heavy (non-hydrogen) atoms. The largest absolute Gasteiger partial charge is 0.349 e. The van der Waals surface area contributed by atoms with Gasteiger partial charge in [0.25, 0.3) is 5.91 Å². The van der Waals surface area contributed by atoms with E-state index in [-0.39, 0.29) is 5.91 Å². The Kier molecular flexibility index (Phi) is 5.08. The Labute approximate surface area is 119 Å². The molecule has 0 saturated heterocycles. The Hall–Kier alpha value is -1.93. The van der Waals surface area contributed by atoms with Crippen LogP contribution in [0.3, 0.4) is 0 Å². The molecule has 106 valence electrons. The molecule has 5 nitrogen and oxygen atoms in total. The summed E-state index contributed by atoms with van der Waals surface area (Å²) in [5, 5.41) is 11.5. The molecule has 0 bridgehead atoms. The average molecular weight is 272 g/mol. The fourth-order valence-corrected chi connectivity index (χ4v) is 2.56. The van der Waals surface area contributed by atoms with E-state index in [1.807, 2.05) is 6.07 Å². The molecule has 0 spiro atoms. The summed E-state index contributed by atoms with van der Waals surface area (Å²) >= 11 is 0. The summed E-state index contributed by atoms with van der Waals surface area (Å²) in [5.41, 5.74) is 0.815. The van der Waals surface area contributed by atoms with Gasteiger partial charge in [0.15, 0.2) is 0 Å². The first-order valence-electron chi connectivity index (χ1n) is 7.05. The Balaban J connectivity index is 1.75. The summed E-state index contributed by atoms with van der Waals surface area (Å²) in [6.45, 7) is 1.47. The van der Waals surface area contributed by atoms with Gasteiger partial charge in [0.05, 0.1) is 5.56 Å². The number of amides is 1. The highest BCUT2D eigenvalue weighted by molar-refractivity contribution is 5.92. The molecule has 0 radical (unpaired) electrons. The third kappa shape index (κ3) is 3.78. The molecular formula is C15H20N4O. The number of likely N-dealkylation sites (N-methyl/N-ethyl adjacent to an activating group) is 1. The van der Waals surface area contributed by atoms with Crippen LogP contribution in [0.4, 0.5) is 0 Å². The molecule has 1 aliphatic carbocycles. The first-order chi connectivity index (χ1) is 9.70. The van der Waals surface area contributed by atoms with Crippen LogP contribution in [0, 0.1) is 11.3 Å². The van der Waals surface area contributed by atoms with Crippen LogP contribution in [0.1, 0.15) is 41.7 Å². The molecule has 1 N–H and O–H groups in total. The van der Waals surface area contributed by atoms with Crippen molar-refractivity contribution in [1.82, 2.24) is 15.2 Å². The number of nitrogens with one attached hydrogen (secondary N) is 1. The van der Waals surface area contributed by atoms with E-state index in [1.54, 1.807) is 12.1 Å². The Bertz CT molecular complexity index is 486. The Morgan fingerprint density at radius 2 is 2.25 bits per heavy atom. The maximum atomic E-state index is 11.9. The fourth-order valence-electron chi connectivity index (χ4n) is 2.56. The number of rotatable bonds is 5. The van der Waals surface area contributed by atoms with Gasteiger partial charge < -0.3 is 10.2 Å². The van der Waals surface area contributed by atoms with E-state index in [0.717, 1.165) is 6.54 Å². The molecule has 2 rings (SSSR count). The maximum absolute atomic E-state index is 11.9. The van der Waals surface area contributed by atoms with E-state index < -0.39 is 0 Å². The zero-order valence-corrected chi connectivity index (χ0v) is 11.8. The number of nitrogens with zero attached hydrogens (tertiary/aromatic N) is 3. The summed E-state index contributed by atoms with van der Waals surface area (Å²) in [4.78, 5) is 18.2. The van der Waals surface area contributed by atoms with Gasteiger partial charge in [-0.3, -0.25) is 4.79 Å². The molecule has 1 amide bonds. The summed E-state index contributed by atoms with van der Waals surface area (Å²) in [6, 6.07) is 5.83. The zero-order chi connectivity index (χ0) is 14.4. The van der Waals surface area contributed by atoms with Gasteiger partial charge in [-0.05, 0) is 32.0 Å². The van der Waals surface area contributed by atoms with Crippen molar-refractivity contribution in [3.8, 4) is 6.07 Å². The van der Waals surface area contributed by atoms with Gasteiger partial charge in [0.2, 0.25) is 0 Å². The summed E-state index contributed by atoms with van der Waals surface area (Å²) in [5.74, 6) is -0.186. The highest BCUT2D eigenvalue weighted by atomic mass is 16.1. The topological polar surface area (TPSA) is 69.0 Å². The van der Waals surface area contributed by atoms with Crippen LogP contribution in [0.15, 0.2) is 18.3 Å². The molecule has 1 aromatic heterocycles. The van der Waals surface area contributed by atoms with Gasteiger partial charge in [-0.15, -0.1) is 0 Å². The molecule has 5 heteroatoms. The fraction of sp³-hybridized carbons (Fsp3) is 0.533. The Morgan fingerprint density at radius 1 is 1.50 bits per heavy atom. The van der Waals surface area contributed by atoms with Crippen LogP contribution in [0.5, 0.6) is 0 Å². The van der Waals surface area contributed by atoms with Crippen molar-refractivity contribution in [3.05, 3.63) is 29.6 Å². The van der Waals surface area contributed by atoms with Gasteiger partial charge >= 0.3 is 0 Å². The van der Waals surface area contributed by atoms with E-state index in [9.17, 15) is 4.79 Å². The normalized spacial score (nSPS) is 15.2. The van der Waals surface area contributed by atoms with Crippen molar-refractivity contribution in [2.24, 2.45) is 0 Å². The van der Waals surface area contributed by atoms with Gasteiger partial charge in [0.1, 0.15) is 11.8 Å². The lowest BCUT2D eigenvalue weighted by molar-refractivity contribution is 0.0942. The number of hydrogen-bond acceptors (Lipinski definition) is 4. The standard InChI is InChI=1S/C15H20N4O/c1-19(13-4-2-3-5-13)9-8-17-15(20)14-7-6-12(10-16)11-18-14/h6-7,11,13H,2-5,8-9H2,1H3,(H,17,20). The minimum Gasteiger partial charge on any atom is -0.349 e. The number of carbonyl (C=O) groups excluding carboxylic acids is 1.